The summed E-state index contributed by atoms with van der Waals surface area (Å²) in [5, 5.41) is 17.4. The molecule has 0 radical (unpaired) electrons. The highest BCUT2D eigenvalue weighted by molar-refractivity contribution is 5.99. The van der Waals surface area contributed by atoms with Crippen LogP contribution >= 0.6 is 0 Å². The van der Waals surface area contributed by atoms with Crippen molar-refractivity contribution in [3.05, 3.63) is 28.8 Å². The fourth-order valence-corrected chi connectivity index (χ4v) is 2.35. The molecule has 2 nitrogen and oxygen atoms in total. The van der Waals surface area contributed by atoms with Gasteiger partial charge in [-0.05, 0) is 48.4 Å². The Hall–Kier alpha value is -1.31. The maximum atomic E-state index is 9.77. The Labute approximate surface area is 90.5 Å². The Morgan fingerprint density at radius 1 is 1.40 bits per heavy atom. The number of benzene rings is 1. The highest BCUT2D eigenvalue weighted by Crippen LogP contribution is 2.40. The molecule has 1 aromatic carbocycles. The molecule has 0 bridgehead atoms. The molecule has 0 saturated carbocycles. The van der Waals surface area contributed by atoms with Crippen molar-refractivity contribution >= 4 is 5.71 Å². The number of hydrogen-bond acceptors (Lipinski definition) is 2. The van der Waals surface area contributed by atoms with Crippen molar-refractivity contribution in [3.8, 4) is 5.75 Å². The van der Waals surface area contributed by atoms with Crippen LogP contribution in [0.3, 0.4) is 0 Å². The Morgan fingerprint density at radius 3 is 2.67 bits per heavy atom. The number of hydrogen-bond donors (Lipinski definition) is 2. The van der Waals surface area contributed by atoms with Crippen molar-refractivity contribution in [2.24, 2.45) is 0 Å². The lowest BCUT2D eigenvalue weighted by Gasteiger charge is -2.19. The molecule has 0 spiro atoms. The number of rotatable bonds is 1. The van der Waals surface area contributed by atoms with Crippen molar-refractivity contribution in [2.75, 3.05) is 0 Å². The second kappa shape index (κ2) is 3.09. The van der Waals surface area contributed by atoms with Crippen molar-refractivity contribution in [1.29, 1.82) is 5.41 Å². The zero-order chi connectivity index (χ0) is 11.2. The van der Waals surface area contributed by atoms with Gasteiger partial charge in [-0.15, -0.1) is 0 Å². The predicted molar refractivity (Wildman–Crippen MR) is 62.0 cm³/mol. The summed E-state index contributed by atoms with van der Waals surface area (Å²) < 4.78 is 0. The van der Waals surface area contributed by atoms with Crippen LogP contribution in [0.15, 0.2) is 12.1 Å². The highest BCUT2D eigenvalue weighted by Gasteiger charge is 2.30. The standard InChI is InChI=1S/C13H17NO/c1-8(14)10-7-11-9(6-12(10)15)4-5-13(11,2)3/h6-7,14-15H,4-5H2,1-3H3. The molecule has 15 heavy (non-hydrogen) atoms. The molecular weight excluding hydrogens is 186 g/mol. The second-order valence-corrected chi connectivity index (χ2v) is 5.04. The first-order valence-corrected chi connectivity index (χ1v) is 5.34. The molecule has 0 unspecified atom stereocenters. The maximum absolute atomic E-state index is 9.77. The minimum Gasteiger partial charge on any atom is -0.507 e. The van der Waals surface area contributed by atoms with Crippen LogP contribution in [0.1, 0.15) is 43.9 Å². The largest absolute Gasteiger partial charge is 0.507 e. The summed E-state index contributed by atoms with van der Waals surface area (Å²) >= 11 is 0. The summed E-state index contributed by atoms with van der Waals surface area (Å²) in [4.78, 5) is 0. The van der Waals surface area contributed by atoms with E-state index in [0.717, 1.165) is 12.8 Å². The molecule has 2 heteroatoms. The number of nitrogens with one attached hydrogen (secondary N) is 1. The van der Waals surface area contributed by atoms with Crippen LogP contribution in [0, 0.1) is 5.41 Å². The fourth-order valence-electron chi connectivity index (χ4n) is 2.35. The number of phenols is 1. The van der Waals surface area contributed by atoms with Gasteiger partial charge in [0.1, 0.15) is 5.75 Å². The van der Waals surface area contributed by atoms with Gasteiger partial charge in [-0.1, -0.05) is 13.8 Å². The summed E-state index contributed by atoms with van der Waals surface area (Å²) in [7, 11) is 0. The Kier molecular flexibility index (Phi) is 2.10. The van der Waals surface area contributed by atoms with Crippen LogP contribution in [0.5, 0.6) is 5.75 Å². The van der Waals surface area contributed by atoms with E-state index < -0.39 is 0 Å². The molecule has 2 rings (SSSR count). The summed E-state index contributed by atoms with van der Waals surface area (Å²) in [6, 6.07) is 3.82. The highest BCUT2D eigenvalue weighted by atomic mass is 16.3. The quantitative estimate of drug-likeness (QED) is 0.677. The smallest absolute Gasteiger partial charge is 0.124 e. The van der Waals surface area contributed by atoms with Gasteiger partial charge < -0.3 is 10.5 Å². The lowest BCUT2D eigenvalue weighted by Crippen LogP contribution is -2.12. The predicted octanol–water partition coefficient (Wildman–Crippen LogP) is 3.00. The Morgan fingerprint density at radius 2 is 2.07 bits per heavy atom. The van der Waals surface area contributed by atoms with Gasteiger partial charge in [-0.25, -0.2) is 0 Å². The zero-order valence-electron chi connectivity index (χ0n) is 9.52. The van der Waals surface area contributed by atoms with Gasteiger partial charge in [0.2, 0.25) is 0 Å². The number of phenolic OH excluding ortho intramolecular Hbond substituents is 1. The molecule has 1 aromatic rings. The lowest BCUT2D eigenvalue weighted by atomic mass is 9.85. The summed E-state index contributed by atoms with van der Waals surface area (Å²) in [5.74, 6) is 0.249. The maximum Gasteiger partial charge on any atom is 0.124 e. The third-order valence-corrected chi connectivity index (χ3v) is 3.37. The summed E-state index contributed by atoms with van der Waals surface area (Å²) in [5.41, 5.74) is 3.82. The Balaban J connectivity index is 2.62. The minimum atomic E-state index is 0.188. The molecule has 0 fully saturated rings. The molecule has 0 saturated heterocycles. The van der Waals surface area contributed by atoms with E-state index in [1.807, 2.05) is 12.1 Å². The SMILES string of the molecule is CC(=N)c1cc2c(cc1O)CCC2(C)C. The van der Waals surface area contributed by atoms with E-state index in [-0.39, 0.29) is 11.2 Å². The van der Waals surface area contributed by atoms with Crippen LogP contribution in [0.2, 0.25) is 0 Å². The first kappa shape index (κ1) is 10.2. The van der Waals surface area contributed by atoms with Crippen molar-refractivity contribution < 1.29 is 5.11 Å². The topological polar surface area (TPSA) is 44.1 Å². The molecule has 0 atom stereocenters. The monoisotopic (exact) mass is 203 g/mol. The van der Waals surface area contributed by atoms with E-state index in [0.29, 0.717) is 11.3 Å². The van der Waals surface area contributed by atoms with E-state index in [1.54, 1.807) is 6.92 Å². The average molecular weight is 203 g/mol. The average Bonchev–Trinajstić information content (AvgIpc) is 2.40. The number of fused-ring (bicyclic) bond motifs is 1. The molecule has 80 valence electrons. The van der Waals surface area contributed by atoms with Crippen LogP contribution in [-0.2, 0) is 11.8 Å². The molecule has 0 amide bonds. The van der Waals surface area contributed by atoms with Crippen molar-refractivity contribution in [1.82, 2.24) is 0 Å². The van der Waals surface area contributed by atoms with Gasteiger partial charge in [0.15, 0.2) is 0 Å². The number of aryl methyl sites for hydroxylation is 1. The van der Waals surface area contributed by atoms with Gasteiger partial charge >= 0.3 is 0 Å². The van der Waals surface area contributed by atoms with Gasteiger partial charge in [0.25, 0.3) is 0 Å². The normalized spacial score (nSPS) is 17.5. The van der Waals surface area contributed by atoms with Crippen LogP contribution in [-0.4, -0.2) is 10.8 Å². The van der Waals surface area contributed by atoms with E-state index >= 15 is 0 Å². The van der Waals surface area contributed by atoms with Crippen LogP contribution in [0.25, 0.3) is 0 Å². The van der Waals surface area contributed by atoms with Gasteiger partial charge in [0, 0.05) is 11.3 Å². The minimum absolute atomic E-state index is 0.188. The summed E-state index contributed by atoms with van der Waals surface area (Å²) in [6.45, 7) is 6.15. The fraction of sp³-hybridized carbons (Fsp3) is 0.462. The van der Waals surface area contributed by atoms with Gasteiger partial charge in [-0.2, -0.15) is 0 Å². The molecular formula is C13H17NO. The zero-order valence-corrected chi connectivity index (χ0v) is 9.52. The molecule has 0 heterocycles. The molecule has 2 N–H and O–H groups in total. The van der Waals surface area contributed by atoms with Crippen molar-refractivity contribution in [3.63, 3.8) is 0 Å². The van der Waals surface area contributed by atoms with Gasteiger partial charge in [0.05, 0.1) is 0 Å². The van der Waals surface area contributed by atoms with Gasteiger partial charge in [-0.3, -0.25) is 0 Å². The first-order valence-electron chi connectivity index (χ1n) is 5.34. The Bertz CT molecular complexity index is 432. The lowest BCUT2D eigenvalue weighted by molar-refractivity contribution is 0.473. The number of aromatic hydroxyl groups is 1. The second-order valence-electron chi connectivity index (χ2n) is 5.04. The molecule has 1 aliphatic rings. The van der Waals surface area contributed by atoms with E-state index in [4.69, 9.17) is 5.41 Å². The van der Waals surface area contributed by atoms with E-state index in [1.165, 1.54) is 11.1 Å². The molecule has 1 aliphatic carbocycles. The van der Waals surface area contributed by atoms with Crippen LogP contribution in [0.4, 0.5) is 0 Å². The molecule has 0 aromatic heterocycles. The van der Waals surface area contributed by atoms with E-state index in [9.17, 15) is 5.11 Å². The van der Waals surface area contributed by atoms with Crippen LogP contribution < -0.4 is 0 Å². The molecule has 0 aliphatic heterocycles. The third kappa shape index (κ3) is 1.54. The first-order chi connectivity index (χ1) is 6.92. The summed E-state index contributed by atoms with van der Waals surface area (Å²) in [6.07, 6.45) is 2.16. The third-order valence-electron chi connectivity index (χ3n) is 3.37. The van der Waals surface area contributed by atoms with Crippen molar-refractivity contribution in [2.45, 2.75) is 39.0 Å². The van der Waals surface area contributed by atoms with E-state index in [2.05, 4.69) is 13.8 Å².